The third-order valence-electron chi connectivity index (χ3n) is 5.01. The first-order valence-electron chi connectivity index (χ1n) is 7.59. The van der Waals surface area contributed by atoms with Crippen LogP contribution >= 0.6 is 0 Å². The van der Waals surface area contributed by atoms with Crippen LogP contribution in [0.5, 0.6) is 0 Å². The summed E-state index contributed by atoms with van der Waals surface area (Å²) >= 11 is 0. The minimum Gasteiger partial charge on any atom is -0.465 e. The molecule has 1 spiro atoms. The number of hydrogen-bond donors (Lipinski definition) is 1. The maximum absolute atomic E-state index is 12.9. The Hall–Kier alpha value is -1.98. The lowest BCUT2D eigenvalue weighted by Crippen LogP contribution is -2.56. The first kappa shape index (κ1) is 14.9. The first-order valence-corrected chi connectivity index (χ1v) is 7.59. The molecule has 2 aliphatic rings. The summed E-state index contributed by atoms with van der Waals surface area (Å²) in [6.45, 7) is 6.46. The van der Waals surface area contributed by atoms with E-state index < -0.39 is 11.5 Å². The quantitative estimate of drug-likeness (QED) is 0.795. The normalized spacial score (nSPS) is 28.0. The number of ketones is 1. The smallest absolute Gasteiger partial charge is 0.407 e. The molecule has 2 atom stereocenters. The molecule has 2 unspecified atom stereocenters. The number of amides is 1. The van der Waals surface area contributed by atoms with Gasteiger partial charge in [-0.25, -0.2) is 9.78 Å². The van der Waals surface area contributed by atoms with Crippen molar-refractivity contribution in [2.24, 2.45) is 10.8 Å². The SMILES string of the molecule is CC(C)(C)C1CC2(CCN1C(=O)O)Cc1nccnc1C2=O. The number of piperidine rings is 1. The number of rotatable bonds is 0. The minimum atomic E-state index is -0.908. The van der Waals surface area contributed by atoms with Crippen molar-refractivity contribution in [2.45, 2.75) is 46.1 Å². The van der Waals surface area contributed by atoms with Crippen LogP contribution in [0.3, 0.4) is 0 Å². The molecule has 0 aromatic carbocycles. The molecule has 0 radical (unpaired) electrons. The number of aromatic nitrogens is 2. The summed E-state index contributed by atoms with van der Waals surface area (Å²) in [4.78, 5) is 34.4. The Morgan fingerprint density at radius 2 is 2.05 bits per heavy atom. The van der Waals surface area contributed by atoms with Crippen LogP contribution in [-0.2, 0) is 6.42 Å². The number of carbonyl (C=O) groups excluding carboxylic acids is 1. The largest absolute Gasteiger partial charge is 0.465 e. The molecule has 1 aliphatic heterocycles. The fourth-order valence-corrected chi connectivity index (χ4v) is 3.78. The maximum Gasteiger partial charge on any atom is 0.407 e. The Balaban J connectivity index is 1.95. The highest BCUT2D eigenvalue weighted by Gasteiger charge is 2.53. The van der Waals surface area contributed by atoms with Gasteiger partial charge in [-0.05, 0) is 18.3 Å². The summed E-state index contributed by atoms with van der Waals surface area (Å²) in [7, 11) is 0. The number of carboxylic acid groups (broad SMARTS) is 1. The Morgan fingerprint density at radius 1 is 1.36 bits per heavy atom. The lowest BCUT2D eigenvalue weighted by Gasteiger charge is -2.48. The van der Waals surface area contributed by atoms with Gasteiger partial charge in [0.1, 0.15) is 5.69 Å². The van der Waals surface area contributed by atoms with E-state index in [9.17, 15) is 14.7 Å². The van der Waals surface area contributed by atoms with E-state index in [0.717, 1.165) is 5.69 Å². The van der Waals surface area contributed by atoms with Crippen molar-refractivity contribution in [3.05, 3.63) is 23.8 Å². The van der Waals surface area contributed by atoms with Crippen LogP contribution < -0.4 is 0 Å². The molecular formula is C16H21N3O3. The molecule has 1 aromatic rings. The van der Waals surface area contributed by atoms with E-state index in [2.05, 4.69) is 9.97 Å². The summed E-state index contributed by atoms with van der Waals surface area (Å²) < 4.78 is 0. The number of likely N-dealkylation sites (tertiary alicyclic amines) is 1. The lowest BCUT2D eigenvalue weighted by atomic mass is 9.67. The molecule has 1 N–H and O–H groups in total. The van der Waals surface area contributed by atoms with Gasteiger partial charge >= 0.3 is 6.09 Å². The van der Waals surface area contributed by atoms with Crippen molar-refractivity contribution < 1.29 is 14.7 Å². The molecule has 0 bridgehead atoms. The van der Waals surface area contributed by atoms with Crippen LogP contribution in [0.4, 0.5) is 4.79 Å². The third kappa shape index (κ3) is 2.17. The predicted octanol–water partition coefficient (Wildman–Crippen LogP) is 2.39. The van der Waals surface area contributed by atoms with Crippen molar-refractivity contribution in [3.8, 4) is 0 Å². The Bertz CT molecular complexity index is 638. The van der Waals surface area contributed by atoms with Crippen molar-refractivity contribution in [1.29, 1.82) is 0 Å². The van der Waals surface area contributed by atoms with Gasteiger partial charge in [-0.2, -0.15) is 0 Å². The van der Waals surface area contributed by atoms with Crippen LogP contribution in [-0.4, -0.2) is 44.4 Å². The van der Waals surface area contributed by atoms with E-state index in [0.29, 0.717) is 31.5 Å². The highest BCUT2D eigenvalue weighted by atomic mass is 16.4. The second-order valence-corrected chi connectivity index (χ2v) is 7.45. The van der Waals surface area contributed by atoms with Gasteiger partial charge in [0, 0.05) is 36.8 Å². The summed E-state index contributed by atoms with van der Waals surface area (Å²) in [5.74, 6) is 0.0369. The molecule has 2 heterocycles. The molecule has 1 aliphatic carbocycles. The topological polar surface area (TPSA) is 83.4 Å². The average Bonchev–Trinajstić information content (AvgIpc) is 2.71. The van der Waals surface area contributed by atoms with Gasteiger partial charge in [0.2, 0.25) is 0 Å². The van der Waals surface area contributed by atoms with Crippen molar-refractivity contribution in [1.82, 2.24) is 14.9 Å². The van der Waals surface area contributed by atoms with E-state index in [1.807, 2.05) is 20.8 Å². The van der Waals surface area contributed by atoms with Gasteiger partial charge in [0.05, 0.1) is 5.69 Å². The van der Waals surface area contributed by atoms with Gasteiger partial charge in [-0.15, -0.1) is 0 Å². The highest BCUT2D eigenvalue weighted by molar-refractivity contribution is 6.03. The molecule has 1 fully saturated rings. The van der Waals surface area contributed by atoms with Crippen molar-refractivity contribution in [2.75, 3.05) is 6.54 Å². The Morgan fingerprint density at radius 3 is 2.64 bits per heavy atom. The van der Waals surface area contributed by atoms with E-state index >= 15 is 0 Å². The highest BCUT2D eigenvalue weighted by Crippen LogP contribution is 2.48. The Kier molecular flexibility index (Phi) is 3.23. The van der Waals surface area contributed by atoms with Crippen LogP contribution in [0.25, 0.3) is 0 Å². The molecule has 6 heteroatoms. The fourth-order valence-electron chi connectivity index (χ4n) is 3.78. The molecule has 0 saturated carbocycles. The standard InChI is InChI=1S/C16H21N3O3/c1-15(2,3)11-9-16(4-7-19(11)14(21)22)8-10-12(13(16)20)18-6-5-17-10/h5-6,11H,4,7-9H2,1-3H3,(H,21,22). The van der Waals surface area contributed by atoms with Gasteiger partial charge in [0.25, 0.3) is 0 Å². The van der Waals surface area contributed by atoms with Crippen LogP contribution in [0.2, 0.25) is 0 Å². The maximum atomic E-state index is 12.9. The minimum absolute atomic E-state index is 0.0369. The van der Waals surface area contributed by atoms with Gasteiger partial charge in [-0.1, -0.05) is 20.8 Å². The van der Waals surface area contributed by atoms with Crippen LogP contribution in [0.1, 0.15) is 49.8 Å². The lowest BCUT2D eigenvalue weighted by molar-refractivity contribution is 0.00981. The number of nitrogens with zero attached hydrogens (tertiary/aromatic N) is 3. The molecule has 6 nitrogen and oxygen atoms in total. The molecule has 1 aromatic heterocycles. The third-order valence-corrected chi connectivity index (χ3v) is 5.01. The van der Waals surface area contributed by atoms with Crippen molar-refractivity contribution in [3.63, 3.8) is 0 Å². The Labute approximate surface area is 129 Å². The van der Waals surface area contributed by atoms with E-state index in [-0.39, 0.29) is 17.2 Å². The molecule has 118 valence electrons. The number of carbonyl (C=O) groups is 2. The zero-order valence-electron chi connectivity index (χ0n) is 13.2. The number of Topliss-reactive ketones (excluding diaryl/α,β-unsaturated/α-hetero) is 1. The van der Waals surface area contributed by atoms with E-state index in [1.54, 1.807) is 12.4 Å². The van der Waals surface area contributed by atoms with Gasteiger partial charge in [-0.3, -0.25) is 9.78 Å². The summed E-state index contributed by atoms with van der Waals surface area (Å²) in [5, 5.41) is 9.46. The van der Waals surface area contributed by atoms with Crippen molar-refractivity contribution >= 4 is 11.9 Å². The molecule has 1 amide bonds. The average molecular weight is 303 g/mol. The zero-order chi connectivity index (χ0) is 16.1. The monoisotopic (exact) mass is 303 g/mol. The molecule has 3 rings (SSSR count). The first-order chi connectivity index (χ1) is 10.2. The molecular weight excluding hydrogens is 282 g/mol. The summed E-state index contributed by atoms with van der Waals surface area (Å²) in [6.07, 6.45) is 3.91. The number of fused-ring (bicyclic) bond motifs is 1. The van der Waals surface area contributed by atoms with Gasteiger partial charge < -0.3 is 10.0 Å². The summed E-state index contributed by atoms with van der Waals surface area (Å²) in [6, 6.07) is -0.183. The fraction of sp³-hybridized carbons (Fsp3) is 0.625. The zero-order valence-corrected chi connectivity index (χ0v) is 13.2. The van der Waals surface area contributed by atoms with Gasteiger partial charge in [0.15, 0.2) is 5.78 Å². The predicted molar refractivity (Wildman–Crippen MR) is 79.7 cm³/mol. The second kappa shape index (κ2) is 4.76. The molecule has 1 saturated heterocycles. The van der Waals surface area contributed by atoms with E-state index in [1.165, 1.54) is 4.90 Å². The summed E-state index contributed by atoms with van der Waals surface area (Å²) in [5.41, 5.74) is 0.470. The molecule has 22 heavy (non-hydrogen) atoms. The second-order valence-electron chi connectivity index (χ2n) is 7.45. The van der Waals surface area contributed by atoms with E-state index in [4.69, 9.17) is 0 Å². The van der Waals surface area contributed by atoms with Crippen LogP contribution in [0, 0.1) is 10.8 Å². The number of hydrogen-bond acceptors (Lipinski definition) is 4. The van der Waals surface area contributed by atoms with Crippen LogP contribution in [0.15, 0.2) is 12.4 Å².